The standard InChI is InChI=1S/C15H20N4O2/c1-10-9-18(6-7-19(10)15(20)21)12-4-5-14-13(8-12)11(2)16-17(14)3/h4-5,8,10H,6-7,9H2,1-3H3,(H,20,21). The largest absolute Gasteiger partial charge is 0.465 e. The van der Waals surface area contributed by atoms with Crippen molar-refractivity contribution in [3.05, 3.63) is 23.9 Å². The van der Waals surface area contributed by atoms with E-state index in [9.17, 15) is 4.79 Å². The fraction of sp³-hybridized carbons (Fsp3) is 0.467. The third-order valence-corrected chi connectivity index (χ3v) is 4.26. The van der Waals surface area contributed by atoms with E-state index in [2.05, 4.69) is 28.2 Å². The summed E-state index contributed by atoms with van der Waals surface area (Å²) >= 11 is 0. The number of carboxylic acid groups (broad SMARTS) is 1. The molecule has 2 aromatic rings. The topological polar surface area (TPSA) is 61.6 Å². The second kappa shape index (κ2) is 4.95. The lowest BCUT2D eigenvalue weighted by molar-refractivity contribution is 0.123. The van der Waals surface area contributed by atoms with Crippen LogP contribution in [-0.2, 0) is 7.05 Å². The minimum absolute atomic E-state index is 0.00180. The molecule has 0 saturated carbocycles. The van der Waals surface area contributed by atoms with Crippen LogP contribution in [0.25, 0.3) is 10.9 Å². The minimum Gasteiger partial charge on any atom is -0.465 e. The van der Waals surface area contributed by atoms with Crippen LogP contribution in [0.3, 0.4) is 0 Å². The Balaban J connectivity index is 1.88. The molecule has 1 atom stereocenters. The maximum Gasteiger partial charge on any atom is 0.407 e. The fourth-order valence-corrected chi connectivity index (χ4v) is 3.10. The van der Waals surface area contributed by atoms with Gasteiger partial charge in [0.05, 0.1) is 11.2 Å². The van der Waals surface area contributed by atoms with Gasteiger partial charge < -0.3 is 14.9 Å². The Morgan fingerprint density at radius 3 is 2.81 bits per heavy atom. The molecule has 0 radical (unpaired) electrons. The van der Waals surface area contributed by atoms with Gasteiger partial charge in [0.25, 0.3) is 0 Å². The van der Waals surface area contributed by atoms with Crippen molar-refractivity contribution in [1.82, 2.24) is 14.7 Å². The maximum absolute atomic E-state index is 11.1. The molecule has 0 spiro atoms. The highest BCUT2D eigenvalue weighted by molar-refractivity contribution is 5.85. The summed E-state index contributed by atoms with van der Waals surface area (Å²) in [6.07, 6.45) is -0.833. The minimum atomic E-state index is -0.833. The summed E-state index contributed by atoms with van der Waals surface area (Å²) in [4.78, 5) is 14.9. The Morgan fingerprint density at radius 1 is 1.38 bits per heavy atom. The summed E-state index contributed by atoms with van der Waals surface area (Å²) in [6.45, 7) is 5.95. The van der Waals surface area contributed by atoms with E-state index in [1.165, 1.54) is 4.90 Å². The van der Waals surface area contributed by atoms with Crippen molar-refractivity contribution in [2.24, 2.45) is 7.05 Å². The van der Waals surface area contributed by atoms with Crippen LogP contribution >= 0.6 is 0 Å². The second-order valence-corrected chi connectivity index (χ2v) is 5.68. The van der Waals surface area contributed by atoms with E-state index < -0.39 is 6.09 Å². The third-order valence-electron chi connectivity index (χ3n) is 4.26. The monoisotopic (exact) mass is 288 g/mol. The molecule has 21 heavy (non-hydrogen) atoms. The number of fused-ring (bicyclic) bond motifs is 1. The zero-order valence-corrected chi connectivity index (χ0v) is 12.6. The first kappa shape index (κ1) is 13.7. The second-order valence-electron chi connectivity index (χ2n) is 5.68. The molecule has 0 bridgehead atoms. The van der Waals surface area contributed by atoms with Crippen molar-refractivity contribution in [2.45, 2.75) is 19.9 Å². The molecule has 1 N–H and O–H groups in total. The summed E-state index contributed by atoms with van der Waals surface area (Å²) in [5.74, 6) is 0. The maximum atomic E-state index is 11.1. The van der Waals surface area contributed by atoms with E-state index in [0.717, 1.165) is 35.4 Å². The van der Waals surface area contributed by atoms with Gasteiger partial charge in [0.2, 0.25) is 0 Å². The van der Waals surface area contributed by atoms with Gasteiger partial charge in [-0.15, -0.1) is 0 Å². The van der Waals surface area contributed by atoms with E-state index in [1.807, 2.05) is 25.6 Å². The Labute approximate surface area is 123 Å². The number of hydrogen-bond donors (Lipinski definition) is 1. The summed E-state index contributed by atoms with van der Waals surface area (Å²) < 4.78 is 1.89. The Bertz CT molecular complexity index is 694. The highest BCUT2D eigenvalue weighted by Crippen LogP contribution is 2.26. The average molecular weight is 288 g/mol. The van der Waals surface area contributed by atoms with Crippen molar-refractivity contribution in [1.29, 1.82) is 0 Å². The molecule has 1 aromatic carbocycles. The number of benzene rings is 1. The molecule has 2 heterocycles. The molecule has 3 rings (SSSR count). The van der Waals surface area contributed by atoms with Crippen molar-refractivity contribution < 1.29 is 9.90 Å². The van der Waals surface area contributed by atoms with Crippen LogP contribution in [0, 0.1) is 6.92 Å². The number of rotatable bonds is 1. The van der Waals surface area contributed by atoms with Crippen molar-refractivity contribution in [3.8, 4) is 0 Å². The zero-order chi connectivity index (χ0) is 15.1. The summed E-state index contributed by atoms with van der Waals surface area (Å²) in [5.41, 5.74) is 3.27. The molecule has 1 fully saturated rings. The Hall–Kier alpha value is -2.24. The van der Waals surface area contributed by atoms with Gasteiger partial charge in [-0.3, -0.25) is 4.68 Å². The Morgan fingerprint density at radius 2 is 2.14 bits per heavy atom. The molecule has 6 heteroatoms. The predicted molar refractivity (Wildman–Crippen MR) is 81.9 cm³/mol. The number of piperazine rings is 1. The summed E-state index contributed by atoms with van der Waals surface area (Å²) in [5, 5.41) is 14.7. The number of anilines is 1. The SMILES string of the molecule is Cc1nn(C)c2ccc(N3CCN(C(=O)O)C(C)C3)cc12. The molecule has 1 unspecified atom stereocenters. The summed E-state index contributed by atoms with van der Waals surface area (Å²) in [7, 11) is 1.95. The number of hydrogen-bond acceptors (Lipinski definition) is 3. The first-order valence-electron chi connectivity index (χ1n) is 7.15. The van der Waals surface area contributed by atoms with Gasteiger partial charge in [-0.05, 0) is 32.0 Å². The molecule has 1 aliphatic heterocycles. The molecular weight excluding hydrogens is 268 g/mol. The van der Waals surface area contributed by atoms with Gasteiger partial charge in [-0.1, -0.05) is 0 Å². The molecule has 1 aliphatic rings. The predicted octanol–water partition coefficient (Wildman–Crippen LogP) is 2.07. The van der Waals surface area contributed by atoms with E-state index in [4.69, 9.17) is 5.11 Å². The van der Waals surface area contributed by atoms with Crippen LogP contribution in [0.15, 0.2) is 18.2 Å². The highest BCUT2D eigenvalue weighted by Gasteiger charge is 2.27. The highest BCUT2D eigenvalue weighted by atomic mass is 16.4. The van der Waals surface area contributed by atoms with Crippen LogP contribution in [0.2, 0.25) is 0 Å². The molecule has 0 aliphatic carbocycles. The third kappa shape index (κ3) is 2.30. The molecule has 112 valence electrons. The molecular formula is C15H20N4O2. The fourth-order valence-electron chi connectivity index (χ4n) is 3.10. The van der Waals surface area contributed by atoms with Gasteiger partial charge in [0.1, 0.15) is 0 Å². The van der Waals surface area contributed by atoms with Crippen LogP contribution in [0.4, 0.5) is 10.5 Å². The molecule has 6 nitrogen and oxygen atoms in total. The lowest BCUT2D eigenvalue weighted by Gasteiger charge is -2.39. The number of amides is 1. The zero-order valence-electron chi connectivity index (χ0n) is 12.6. The van der Waals surface area contributed by atoms with Gasteiger partial charge in [-0.25, -0.2) is 4.79 Å². The Kier molecular flexibility index (Phi) is 3.23. The molecule has 1 aromatic heterocycles. The molecule has 1 saturated heterocycles. The van der Waals surface area contributed by atoms with Crippen LogP contribution in [-0.4, -0.2) is 51.6 Å². The van der Waals surface area contributed by atoms with Crippen LogP contribution in [0.1, 0.15) is 12.6 Å². The number of aromatic nitrogens is 2. The number of aryl methyl sites for hydroxylation is 2. The van der Waals surface area contributed by atoms with Crippen molar-refractivity contribution >= 4 is 22.7 Å². The number of nitrogens with zero attached hydrogens (tertiary/aromatic N) is 4. The van der Waals surface area contributed by atoms with E-state index in [-0.39, 0.29) is 6.04 Å². The van der Waals surface area contributed by atoms with E-state index in [0.29, 0.717) is 6.54 Å². The van der Waals surface area contributed by atoms with E-state index in [1.54, 1.807) is 0 Å². The quantitative estimate of drug-likeness (QED) is 0.872. The first-order valence-corrected chi connectivity index (χ1v) is 7.15. The van der Waals surface area contributed by atoms with Crippen molar-refractivity contribution in [2.75, 3.05) is 24.5 Å². The smallest absolute Gasteiger partial charge is 0.407 e. The first-order chi connectivity index (χ1) is 9.97. The normalized spacial score (nSPS) is 19.3. The van der Waals surface area contributed by atoms with Crippen molar-refractivity contribution in [3.63, 3.8) is 0 Å². The lowest BCUT2D eigenvalue weighted by Crippen LogP contribution is -2.53. The van der Waals surface area contributed by atoms with Gasteiger partial charge in [-0.2, -0.15) is 5.10 Å². The van der Waals surface area contributed by atoms with Crippen LogP contribution in [0.5, 0.6) is 0 Å². The number of carbonyl (C=O) groups is 1. The summed E-state index contributed by atoms with van der Waals surface area (Å²) in [6, 6.07) is 6.33. The average Bonchev–Trinajstić information content (AvgIpc) is 2.73. The van der Waals surface area contributed by atoms with Crippen LogP contribution < -0.4 is 4.90 Å². The van der Waals surface area contributed by atoms with Gasteiger partial charge in [0, 0.05) is 43.8 Å². The van der Waals surface area contributed by atoms with Gasteiger partial charge >= 0.3 is 6.09 Å². The van der Waals surface area contributed by atoms with E-state index >= 15 is 0 Å². The van der Waals surface area contributed by atoms with Gasteiger partial charge in [0.15, 0.2) is 0 Å². The lowest BCUT2D eigenvalue weighted by atomic mass is 10.1. The molecule has 1 amide bonds.